The molecule has 2 aromatic rings. The largest absolute Gasteiger partial charge is 0.495 e. The normalized spacial score (nSPS) is 18.3. The summed E-state index contributed by atoms with van der Waals surface area (Å²) in [5.41, 5.74) is 1.41. The molecule has 1 aliphatic rings. The molecule has 1 saturated heterocycles. The molecule has 0 bridgehead atoms. The molecule has 0 saturated carbocycles. The number of methoxy groups -OCH3 is 1. The van der Waals surface area contributed by atoms with Crippen LogP contribution < -0.4 is 15.7 Å². The van der Waals surface area contributed by atoms with E-state index in [-0.39, 0.29) is 25.4 Å². The lowest BCUT2D eigenvalue weighted by atomic mass is 10.2. The molecule has 26 heavy (non-hydrogen) atoms. The number of nitrogens with one attached hydrogen (secondary N) is 1. The third-order valence-electron chi connectivity index (χ3n) is 3.99. The monoisotopic (exact) mass is 361 g/mol. The number of hydrogen-bond acceptors (Lipinski definition) is 5. The van der Waals surface area contributed by atoms with Crippen molar-refractivity contribution in [2.45, 2.75) is 53.4 Å². The summed E-state index contributed by atoms with van der Waals surface area (Å²) in [6.45, 7) is 6.48. The number of aromatic nitrogens is 2. The van der Waals surface area contributed by atoms with Crippen molar-refractivity contribution in [3.63, 3.8) is 0 Å². The van der Waals surface area contributed by atoms with Crippen molar-refractivity contribution in [3.8, 4) is 5.75 Å². The third kappa shape index (κ3) is 5.33. The van der Waals surface area contributed by atoms with Crippen molar-refractivity contribution in [2.24, 2.45) is 0 Å². The molecule has 0 spiro atoms. The molecule has 1 aromatic heterocycles. The fourth-order valence-electron chi connectivity index (χ4n) is 2.77. The third-order valence-corrected chi connectivity index (χ3v) is 3.99. The van der Waals surface area contributed by atoms with Crippen LogP contribution >= 0.6 is 0 Å². The highest BCUT2D eigenvalue weighted by Gasteiger charge is 2.27. The van der Waals surface area contributed by atoms with Crippen LogP contribution in [0, 0.1) is 6.92 Å². The molecule has 6 nitrogen and oxygen atoms in total. The predicted molar refractivity (Wildman–Crippen MR) is 106 cm³/mol. The number of hydrogen-bond donors (Lipinski definition) is 1. The van der Waals surface area contributed by atoms with E-state index in [1.807, 2.05) is 44.2 Å². The minimum absolute atomic E-state index is 0. The average Bonchev–Trinajstić information content (AvgIpc) is 3.10. The summed E-state index contributed by atoms with van der Waals surface area (Å²) >= 11 is 0. The molecule has 1 fully saturated rings. The van der Waals surface area contributed by atoms with Gasteiger partial charge in [0.15, 0.2) is 0 Å². The molecular formula is C20H31N3O3. The van der Waals surface area contributed by atoms with Crippen molar-refractivity contribution in [1.82, 2.24) is 9.55 Å². The predicted octanol–water partition coefficient (Wildman–Crippen LogP) is 4.01. The number of ether oxygens (including phenoxy) is 2. The number of benzene rings is 1. The van der Waals surface area contributed by atoms with E-state index in [0.29, 0.717) is 6.54 Å². The Balaban J connectivity index is 0.00000109. The Morgan fingerprint density at radius 1 is 1.27 bits per heavy atom. The van der Waals surface area contributed by atoms with Crippen molar-refractivity contribution in [3.05, 3.63) is 52.7 Å². The van der Waals surface area contributed by atoms with Gasteiger partial charge in [0.25, 0.3) is 0 Å². The minimum atomic E-state index is -0.256. The molecule has 2 atom stereocenters. The zero-order valence-corrected chi connectivity index (χ0v) is 15.4. The molecule has 1 N–H and O–H groups in total. The first-order valence-electron chi connectivity index (χ1n) is 8.75. The van der Waals surface area contributed by atoms with E-state index in [1.165, 1.54) is 0 Å². The van der Waals surface area contributed by atoms with Gasteiger partial charge in [0.05, 0.1) is 18.9 Å². The highest BCUT2D eigenvalue weighted by atomic mass is 16.5. The number of para-hydroxylation sites is 2. The quantitative estimate of drug-likeness (QED) is 0.871. The zero-order chi connectivity index (χ0) is 18.2. The average molecular weight is 361 g/mol. The maximum Gasteiger partial charge on any atom is 0.349 e. The maximum absolute atomic E-state index is 11.9. The summed E-state index contributed by atoms with van der Waals surface area (Å²) in [4.78, 5) is 15.9. The first-order chi connectivity index (χ1) is 12.2. The fraction of sp³-hybridized carbons (Fsp3) is 0.500. The van der Waals surface area contributed by atoms with E-state index in [1.54, 1.807) is 24.8 Å². The second kappa shape index (κ2) is 10.6. The van der Waals surface area contributed by atoms with Gasteiger partial charge >= 0.3 is 5.69 Å². The van der Waals surface area contributed by atoms with Crippen molar-refractivity contribution in [2.75, 3.05) is 19.0 Å². The summed E-state index contributed by atoms with van der Waals surface area (Å²) in [6, 6.07) is 9.60. The lowest BCUT2D eigenvalue weighted by molar-refractivity contribution is 0.00539. The molecule has 1 aliphatic heterocycles. The van der Waals surface area contributed by atoms with Gasteiger partial charge in [-0.05, 0) is 38.0 Å². The highest BCUT2D eigenvalue weighted by molar-refractivity contribution is 5.56. The van der Waals surface area contributed by atoms with Gasteiger partial charge in [0, 0.05) is 18.4 Å². The van der Waals surface area contributed by atoms with Crippen LogP contribution in [0.15, 0.2) is 41.3 Å². The minimum Gasteiger partial charge on any atom is -0.495 e. The Bertz CT molecular complexity index is 730. The van der Waals surface area contributed by atoms with Crippen molar-refractivity contribution < 1.29 is 9.47 Å². The lowest BCUT2D eigenvalue weighted by Crippen LogP contribution is -2.28. The second-order valence-electron chi connectivity index (χ2n) is 5.63. The van der Waals surface area contributed by atoms with Gasteiger partial charge in [0.2, 0.25) is 0 Å². The standard InChI is InChI=1S/C17H21N3O3.C2H6.CH4/c1-12-9-10-20(17(21)19-12)16-8-7-13(23-16)11-18-14-5-3-4-6-15(14)22-2;1-2;/h3-6,9-10,13,16,18H,7-8,11H2,1-2H3;1-2H3;1H4. The Morgan fingerprint density at radius 3 is 2.69 bits per heavy atom. The summed E-state index contributed by atoms with van der Waals surface area (Å²) in [6.07, 6.45) is 3.28. The van der Waals surface area contributed by atoms with Gasteiger partial charge in [0.1, 0.15) is 12.0 Å². The molecule has 3 rings (SSSR count). The molecule has 2 heterocycles. The number of aryl methyl sites for hydroxylation is 1. The topological polar surface area (TPSA) is 65.4 Å². The van der Waals surface area contributed by atoms with E-state index in [4.69, 9.17) is 9.47 Å². The van der Waals surface area contributed by atoms with Gasteiger partial charge in [-0.3, -0.25) is 4.57 Å². The van der Waals surface area contributed by atoms with Gasteiger partial charge < -0.3 is 14.8 Å². The van der Waals surface area contributed by atoms with E-state index in [2.05, 4.69) is 10.3 Å². The zero-order valence-electron chi connectivity index (χ0n) is 15.4. The molecule has 144 valence electrons. The Hall–Kier alpha value is -2.34. The Labute approximate surface area is 156 Å². The molecule has 0 amide bonds. The smallest absolute Gasteiger partial charge is 0.349 e. The number of nitrogens with zero attached hydrogens (tertiary/aromatic N) is 2. The molecule has 6 heteroatoms. The Kier molecular flexibility index (Phi) is 8.85. The van der Waals surface area contributed by atoms with Gasteiger partial charge in [-0.1, -0.05) is 33.4 Å². The molecule has 1 aromatic carbocycles. The van der Waals surface area contributed by atoms with Gasteiger partial charge in [-0.15, -0.1) is 0 Å². The lowest BCUT2D eigenvalue weighted by Gasteiger charge is -2.17. The van der Waals surface area contributed by atoms with Crippen LogP contribution in [-0.4, -0.2) is 29.3 Å². The Morgan fingerprint density at radius 2 is 2.00 bits per heavy atom. The van der Waals surface area contributed by atoms with Crippen LogP contribution in [0.25, 0.3) is 0 Å². The SMILES string of the molecule is C.CC.COc1ccccc1NCC1CCC(n2ccc(C)nc2=O)O1. The van der Waals surface area contributed by atoms with Crippen LogP contribution in [0.4, 0.5) is 5.69 Å². The van der Waals surface area contributed by atoms with Crippen LogP contribution in [0.2, 0.25) is 0 Å². The first kappa shape index (κ1) is 21.7. The van der Waals surface area contributed by atoms with Crippen LogP contribution in [0.5, 0.6) is 5.75 Å². The first-order valence-corrected chi connectivity index (χ1v) is 8.75. The summed E-state index contributed by atoms with van der Waals surface area (Å²) in [5, 5.41) is 3.35. The highest BCUT2D eigenvalue weighted by Crippen LogP contribution is 2.28. The fourth-order valence-corrected chi connectivity index (χ4v) is 2.77. The molecule has 2 unspecified atom stereocenters. The van der Waals surface area contributed by atoms with E-state index in [9.17, 15) is 4.79 Å². The van der Waals surface area contributed by atoms with Crippen molar-refractivity contribution in [1.29, 1.82) is 0 Å². The molecule has 0 radical (unpaired) electrons. The molecule has 0 aliphatic carbocycles. The second-order valence-corrected chi connectivity index (χ2v) is 5.63. The van der Waals surface area contributed by atoms with Crippen LogP contribution in [0.1, 0.15) is 46.0 Å². The van der Waals surface area contributed by atoms with Crippen LogP contribution in [0.3, 0.4) is 0 Å². The number of rotatable bonds is 5. The summed E-state index contributed by atoms with van der Waals surface area (Å²) < 4.78 is 12.9. The van der Waals surface area contributed by atoms with E-state index in [0.717, 1.165) is 30.0 Å². The van der Waals surface area contributed by atoms with E-state index < -0.39 is 0 Å². The summed E-state index contributed by atoms with van der Waals surface area (Å²) in [5.74, 6) is 0.806. The maximum atomic E-state index is 11.9. The van der Waals surface area contributed by atoms with Crippen molar-refractivity contribution >= 4 is 5.69 Å². The summed E-state index contributed by atoms with van der Waals surface area (Å²) in [7, 11) is 1.65. The van der Waals surface area contributed by atoms with Gasteiger partial charge in [-0.2, -0.15) is 4.98 Å². The molecular weight excluding hydrogens is 330 g/mol. The van der Waals surface area contributed by atoms with Gasteiger partial charge in [-0.25, -0.2) is 4.79 Å². The van der Waals surface area contributed by atoms with Crippen LogP contribution in [-0.2, 0) is 4.74 Å². The number of anilines is 1. The van der Waals surface area contributed by atoms with E-state index >= 15 is 0 Å².